The van der Waals surface area contributed by atoms with Crippen molar-refractivity contribution in [3.63, 3.8) is 0 Å². The number of rotatable bonds is 9. The first kappa shape index (κ1) is 23.3. The van der Waals surface area contributed by atoms with Gasteiger partial charge in [-0.2, -0.15) is 8.78 Å². The lowest BCUT2D eigenvalue weighted by molar-refractivity contribution is 0.0699. The second-order valence-electron chi connectivity index (χ2n) is 8.53. The van der Waals surface area contributed by atoms with Crippen molar-refractivity contribution in [2.24, 2.45) is 0 Å². The van der Waals surface area contributed by atoms with Gasteiger partial charge >= 0.3 is 6.43 Å². The molecule has 0 saturated carbocycles. The maximum Gasteiger partial charge on any atom is 0.314 e. The Balaban J connectivity index is 1.32. The quantitative estimate of drug-likeness (QED) is 0.464. The second-order valence-corrected chi connectivity index (χ2v) is 8.53. The zero-order valence-corrected chi connectivity index (χ0v) is 18.8. The summed E-state index contributed by atoms with van der Waals surface area (Å²) in [5, 5.41) is 15.5. The van der Waals surface area contributed by atoms with Crippen molar-refractivity contribution in [2.45, 2.75) is 64.1 Å². The van der Waals surface area contributed by atoms with Crippen LogP contribution in [-0.4, -0.2) is 60.4 Å². The van der Waals surface area contributed by atoms with Gasteiger partial charge in [0.1, 0.15) is 5.67 Å². The monoisotopic (exact) mass is 463 g/mol. The van der Waals surface area contributed by atoms with Gasteiger partial charge in [0.15, 0.2) is 0 Å². The fraction of sp³-hybridized carbons (Fsp3) is 0.591. The van der Waals surface area contributed by atoms with E-state index in [0.717, 1.165) is 37.3 Å². The fourth-order valence-corrected chi connectivity index (χ4v) is 4.09. The molecule has 33 heavy (non-hydrogen) atoms. The molecule has 178 valence electrons. The van der Waals surface area contributed by atoms with E-state index < -0.39 is 18.0 Å². The van der Waals surface area contributed by atoms with Crippen molar-refractivity contribution in [3.05, 3.63) is 41.8 Å². The highest BCUT2D eigenvalue weighted by Crippen LogP contribution is 2.29. The van der Waals surface area contributed by atoms with E-state index >= 15 is 0 Å². The molecular weight excluding hydrogens is 435 g/mol. The molecular formula is C22H28F3N7O. The van der Waals surface area contributed by atoms with E-state index in [4.69, 9.17) is 4.42 Å². The lowest BCUT2D eigenvalue weighted by Gasteiger charge is -2.35. The molecule has 0 aromatic carbocycles. The minimum atomic E-state index is -2.81. The van der Waals surface area contributed by atoms with Crippen LogP contribution < -0.4 is 0 Å². The number of halogens is 3. The summed E-state index contributed by atoms with van der Waals surface area (Å²) in [6.07, 6.45) is 3.57. The van der Waals surface area contributed by atoms with Gasteiger partial charge in [-0.05, 0) is 50.9 Å². The molecule has 1 aliphatic rings. The van der Waals surface area contributed by atoms with Crippen LogP contribution >= 0.6 is 0 Å². The molecule has 1 aliphatic heterocycles. The average molecular weight is 464 g/mol. The summed E-state index contributed by atoms with van der Waals surface area (Å²) >= 11 is 0. The minimum absolute atomic E-state index is 0.00149. The molecule has 3 aromatic heterocycles. The molecule has 0 aliphatic carbocycles. The third-order valence-electron chi connectivity index (χ3n) is 6.36. The Kier molecular flexibility index (Phi) is 7.06. The number of hydrogen-bond acceptors (Lipinski definition) is 7. The van der Waals surface area contributed by atoms with Gasteiger partial charge < -0.3 is 9.32 Å². The van der Waals surface area contributed by atoms with Crippen LogP contribution in [0.2, 0.25) is 0 Å². The number of alkyl halides is 3. The molecule has 11 heteroatoms. The van der Waals surface area contributed by atoms with Gasteiger partial charge in [0.25, 0.3) is 5.89 Å². The van der Waals surface area contributed by atoms with E-state index in [9.17, 15) is 13.2 Å². The maximum atomic E-state index is 14.7. The van der Waals surface area contributed by atoms with E-state index in [1.165, 1.54) is 6.20 Å². The predicted molar refractivity (Wildman–Crippen MR) is 114 cm³/mol. The van der Waals surface area contributed by atoms with Crippen LogP contribution in [0.5, 0.6) is 0 Å². The smallest absolute Gasteiger partial charge is 0.314 e. The Morgan fingerprint density at radius 1 is 1.12 bits per heavy atom. The number of nitrogens with zero attached hydrogens (tertiary/aromatic N) is 7. The van der Waals surface area contributed by atoms with Crippen molar-refractivity contribution >= 4 is 0 Å². The SMILES string of the molecule is CCC(F)(CC)CN1CCC(c2cn(Cc3ccc(-c4nnc(C(F)F)o4)cn3)nn2)CC1. The molecule has 0 atom stereocenters. The van der Waals surface area contributed by atoms with Crippen molar-refractivity contribution in [1.82, 2.24) is 35.1 Å². The van der Waals surface area contributed by atoms with E-state index in [0.29, 0.717) is 37.4 Å². The molecule has 1 saturated heterocycles. The lowest BCUT2D eigenvalue weighted by atomic mass is 9.92. The maximum absolute atomic E-state index is 14.7. The highest BCUT2D eigenvalue weighted by Gasteiger charge is 2.31. The zero-order chi connectivity index (χ0) is 23.4. The van der Waals surface area contributed by atoms with Gasteiger partial charge in [-0.1, -0.05) is 19.1 Å². The van der Waals surface area contributed by atoms with Crippen LogP contribution in [0, 0.1) is 0 Å². The minimum Gasteiger partial charge on any atom is -0.415 e. The molecule has 4 rings (SSSR count). The Hall–Kier alpha value is -2.82. The molecule has 8 nitrogen and oxygen atoms in total. The Labute approximate surface area is 190 Å². The third kappa shape index (κ3) is 5.58. The third-order valence-corrected chi connectivity index (χ3v) is 6.36. The van der Waals surface area contributed by atoms with Gasteiger partial charge in [-0.25, -0.2) is 9.07 Å². The summed E-state index contributed by atoms with van der Waals surface area (Å²) in [5.74, 6) is -0.402. The Morgan fingerprint density at radius 2 is 1.88 bits per heavy atom. The normalized spacial score (nSPS) is 16.1. The van der Waals surface area contributed by atoms with Crippen molar-refractivity contribution in [2.75, 3.05) is 19.6 Å². The first-order valence-electron chi connectivity index (χ1n) is 11.3. The summed E-state index contributed by atoms with van der Waals surface area (Å²) in [6.45, 7) is 6.45. The number of likely N-dealkylation sites (tertiary alicyclic amines) is 1. The zero-order valence-electron chi connectivity index (χ0n) is 18.8. The molecule has 0 amide bonds. The van der Waals surface area contributed by atoms with Gasteiger partial charge in [-0.3, -0.25) is 4.98 Å². The molecule has 1 fully saturated rings. The largest absolute Gasteiger partial charge is 0.415 e. The predicted octanol–water partition coefficient (Wildman–Crippen LogP) is 4.42. The standard InChI is InChI=1S/C22H28F3N7O/c1-3-22(25,4-2)14-31-9-7-15(8-10-31)18-13-32(30-27-18)12-17-6-5-16(11-26-17)20-28-29-21(33-20)19(23)24/h5-6,11,13,15,19H,3-4,7-10,12,14H2,1-2H3. The van der Waals surface area contributed by atoms with Crippen molar-refractivity contribution in [1.29, 1.82) is 0 Å². The summed E-state index contributed by atoms with van der Waals surface area (Å²) in [6, 6.07) is 3.45. The number of aromatic nitrogens is 6. The van der Waals surface area contributed by atoms with Gasteiger partial charge in [0.2, 0.25) is 5.89 Å². The van der Waals surface area contributed by atoms with Crippen LogP contribution in [0.15, 0.2) is 28.9 Å². The highest BCUT2D eigenvalue weighted by atomic mass is 19.3. The van der Waals surface area contributed by atoms with E-state index in [-0.39, 0.29) is 5.89 Å². The van der Waals surface area contributed by atoms with Crippen molar-refractivity contribution in [3.8, 4) is 11.5 Å². The van der Waals surface area contributed by atoms with E-state index in [2.05, 4.69) is 30.4 Å². The van der Waals surface area contributed by atoms with Crippen LogP contribution in [0.1, 0.15) is 69.2 Å². The Bertz CT molecular complexity index is 1020. The van der Waals surface area contributed by atoms with Crippen LogP contribution in [0.25, 0.3) is 11.5 Å². The number of hydrogen-bond donors (Lipinski definition) is 0. The van der Waals surface area contributed by atoms with Gasteiger partial charge in [0, 0.05) is 24.9 Å². The van der Waals surface area contributed by atoms with Gasteiger partial charge in [0.05, 0.1) is 23.5 Å². The summed E-state index contributed by atoms with van der Waals surface area (Å²) < 4.78 is 46.6. The molecule has 4 heterocycles. The number of pyridine rings is 1. The van der Waals surface area contributed by atoms with E-state index in [1.54, 1.807) is 16.8 Å². The fourth-order valence-electron chi connectivity index (χ4n) is 4.09. The molecule has 0 spiro atoms. The molecule has 0 unspecified atom stereocenters. The summed E-state index contributed by atoms with van der Waals surface area (Å²) in [7, 11) is 0. The first-order valence-corrected chi connectivity index (χ1v) is 11.3. The van der Waals surface area contributed by atoms with Crippen molar-refractivity contribution < 1.29 is 17.6 Å². The molecule has 0 radical (unpaired) electrons. The topological polar surface area (TPSA) is 85.8 Å². The van der Waals surface area contributed by atoms with E-state index in [1.807, 2.05) is 20.0 Å². The highest BCUT2D eigenvalue weighted by molar-refractivity contribution is 5.50. The summed E-state index contributed by atoms with van der Waals surface area (Å²) in [4.78, 5) is 6.56. The molecule has 3 aromatic rings. The van der Waals surface area contributed by atoms with Crippen LogP contribution in [0.3, 0.4) is 0 Å². The van der Waals surface area contributed by atoms with Gasteiger partial charge in [-0.15, -0.1) is 15.3 Å². The molecule has 0 N–H and O–H groups in total. The summed E-state index contributed by atoms with van der Waals surface area (Å²) in [5.41, 5.74) is 1.03. The second kappa shape index (κ2) is 9.98. The van der Waals surface area contributed by atoms with Crippen LogP contribution in [0.4, 0.5) is 13.2 Å². The average Bonchev–Trinajstić information content (AvgIpc) is 3.50. The molecule has 0 bridgehead atoms. The Morgan fingerprint density at radius 3 is 2.48 bits per heavy atom. The lowest BCUT2D eigenvalue weighted by Crippen LogP contribution is -2.43. The first-order chi connectivity index (χ1) is 15.9. The van der Waals surface area contributed by atoms with Crippen LogP contribution in [-0.2, 0) is 6.54 Å². The number of piperidine rings is 1.